The Kier molecular flexibility index (Phi) is 4.89. The van der Waals surface area contributed by atoms with E-state index in [1.54, 1.807) is 48.5 Å². The standard InChI is InChI=1S/C19H16ClN5O4/c1-29-14-4-2-3-12(9-14)21-15(26)10-24-17-16(22-23-24)18(27)25(19(17)28)13-7-5-11(20)6-8-13/h2-9,16-17H,10H2,1H3,(H,21,26)/t16-,17+/m1/s1. The zero-order valence-corrected chi connectivity index (χ0v) is 16.0. The average molecular weight is 414 g/mol. The minimum Gasteiger partial charge on any atom is -0.497 e. The first-order valence-electron chi connectivity index (χ1n) is 8.72. The van der Waals surface area contributed by atoms with Crippen LogP contribution >= 0.6 is 11.6 Å². The highest BCUT2D eigenvalue weighted by Gasteiger charge is 2.55. The first-order valence-corrected chi connectivity index (χ1v) is 9.10. The fourth-order valence-corrected chi connectivity index (χ4v) is 3.37. The molecule has 0 spiro atoms. The normalized spacial score (nSPS) is 20.2. The number of nitrogens with zero attached hydrogens (tertiary/aromatic N) is 4. The lowest BCUT2D eigenvalue weighted by Gasteiger charge is -2.20. The molecule has 2 aliphatic rings. The van der Waals surface area contributed by atoms with Crippen LogP contribution < -0.4 is 15.0 Å². The number of carbonyl (C=O) groups is 3. The van der Waals surface area contributed by atoms with Crippen molar-refractivity contribution in [2.75, 3.05) is 23.9 Å². The third kappa shape index (κ3) is 3.52. The molecule has 10 heteroatoms. The van der Waals surface area contributed by atoms with Crippen LogP contribution in [0.3, 0.4) is 0 Å². The van der Waals surface area contributed by atoms with Gasteiger partial charge in [0.2, 0.25) is 5.91 Å². The number of fused-ring (bicyclic) bond motifs is 1. The van der Waals surface area contributed by atoms with Gasteiger partial charge in [0.1, 0.15) is 12.3 Å². The molecule has 0 saturated carbocycles. The Labute approximate surface area is 170 Å². The molecule has 2 atom stereocenters. The number of anilines is 2. The van der Waals surface area contributed by atoms with Crippen molar-refractivity contribution in [2.45, 2.75) is 12.1 Å². The zero-order valence-electron chi connectivity index (χ0n) is 15.3. The van der Waals surface area contributed by atoms with E-state index >= 15 is 0 Å². The molecule has 2 aliphatic heterocycles. The molecule has 1 N–H and O–H groups in total. The van der Waals surface area contributed by atoms with Gasteiger partial charge in [-0.15, -0.1) is 0 Å². The molecule has 2 heterocycles. The van der Waals surface area contributed by atoms with Crippen molar-refractivity contribution >= 4 is 40.7 Å². The van der Waals surface area contributed by atoms with Crippen molar-refractivity contribution in [1.29, 1.82) is 0 Å². The highest BCUT2D eigenvalue weighted by Crippen LogP contribution is 2.32. The minimum absolute atomic E-state index is 0.227. The molecule has 1 fully saturated rings. The highest BCUT2D eigenvalue weighted by atomic mass is 35.5. The van der Waals surface area contributed by atoms with Crippen LogP contribution in [0.4, 0.5) is 11.4 Å². The maximum atomic E-state index is 12.9. The molecule has 9 nitrogen and oxygen atoms in total. The van der Waals surface area contributed by atoms with E-state index in [1.165, 1.54) is 12.1 Å². The SMILES string of the molecule is COc1cccc(NC(=O)CN2N=N[C@H]3C(=O)N(c4ccc(Cl)cc4)C(=O)[C@H]32)c1. The van der Waals surface area contributed by atoms with Gasteiger partial charge in [-0.3, -0.25) is 19.4 Å². The number of hydrogen-bond acceptors (Lipinski definition) is 7. The fraction of sp³-hybridized carbons (Fsp3) is 0.211. The van der Waals surface area contributed by atoms with Crippen LogP contribution in [0.25, 0.3) is 0 Å². The number of halogens is 1. The fourth-order valence-electron chi connectivity index (χ4n) is 3.25. The van der Waals surface area contributed by atoms with E-state index in [0.29, 0.717) is 22.1 Å². The maximum Gasteiger partial charge on any atom is 0.263 e. The van der Waals surface area contributed by atoms with Crippen molar-refractivity contribution in [2.24, 2.45) is 10.3 Å². The molecule has 2 aromatic rings. The lowest BCUT2D eigenvalue weighted by Crippen LogP contribution is -2.43. The van der Waals surface area contributed by atoms with Gasteiger partial charge in [0, 0.05) is 16.8 Å². The Morgan fingerprint density at radius 1 is 1.17 bits per heavy atom. The zero-order chi connectivity index (χ0) is 20.5. The minimum atomic E-state index is -0.970. The topological polar surface area (TPSA) is 104 Å². The first-order chi connectivity index (χ1) is 14.0. The molecule has 148 valence electrons. The van der Waals surface area contributed by atoms with Gasteiger partial charge in [-0.25, -0.2) is 4.90 Å². The Morgan fingerprint density at radius 2 is 1.93 bits per heavy atom. The number of nitrogens with one attached hydrogen (secondary N) is 1. The molecule has 4 rings (SSSR count). The van der Waals surface area contributed by atoms with Crippen LogP contribution in [0.1, 0.15) is 0 Å². The Hall–Kier alpha value is -3.46. The Morgan fingerprint density at radius 3 is 2.66 bits per heavy atom. The molecular formula is C19H16ClN5O4. The van der Waals surface area contributed by atoms with Gasteiger partial charge in [-0.2, -0.15) is 5.11 Å². The molecule has 2 aromatic carbocycles. The van der Waals surface area contributed by atoms with Crippen molar-refractivity contribution < 1.29 is 19.1 Å². The Balaban J connectivity index is 1.47. The van der Waals surface area contributed by atoms with E-state index in [4.69, 9.17) is 16.3 Å². The quantitative estimate of drug-likeness (QED) is 0.757. The first kappa shape index (κ1) is 18.9. The van der Waals surface area contributed by atoms with Crippen molar-refractivity contribution in [3.63, 3.8) is 0 Å². The van der Waals surface area contributed by atoms with Crippen molar-refractivity contribution in [3.8, 4) is 5.75 Å². The summed E-state index contributed by atoms with van der Waals surface area (Å²) in [5.41, 5.74) is 0.938. The van der Waals surface area contributed by atoms with Crippen molar-refractivity contribution in [1.82, 2.24) is 5.01 Å². The number of methoxy groups -OCH3 is 1. The van der Waals surface area contributed by atoms with E-state index in [2.05, 4.69) is 15.7 Å². The van der Waals surface area contributed by atoms with Gasteiger partial charge < -0.3 is 10.1 Å². The molecule has 0 aromatic heterocycles. The van der Waals surface area contributed by atoms with Crippen LogP contribution in [0, 0.1) is 0 Å². The molecule has 1 saturated heterocycles. The van der Waals surface area contributed by atoms with E-state index in [0.717, 1.165) is 4.90 Å². The van der Waals surface area contributed by atoms with E-state index in [9.17, 15) is 14.4 Å². The van der Waals surface area contributed by atoms with E-state index in [1.807, 2.05) is 0 Å². The number of carbonyl (C=O) groups excluding carboxylic acids is 3. The summed E-state index contributed by atoms with van der Waals surface area (Å²) >= 11 is 5.87. The largest absolute Gasteiger partial charge is 0.497 e. The van der Waals surface area contributed by atoms with Crippen LogP contribution in [-0.4, -0.2) is 48.5 Å². The summed E-state index contributed by atoms with van der Waals surface area (Å²) in [6.45, 7) is -0.227. The summed E-state index contributed by atoms with van der Waals surface area (Å²) in [5, 5.41) is 12.2. The molecular weight excluding hydrogens is 398 g/mol. The predicted octanol–water partition coefficient (Wildman–Crippen LogP) is 2.28. The number of ether oxygens (including phenoxy) is 1. The summed E-state index contributed by atoms with van der Waals surface area (Å²) in [6.07, 6.45) is 0. The van der Waals surface area contributed by atoms with Gasteiger partial charge in [0.05, 0.1) is 12.8 Å². The van der Waals surface area contributed by atoms with Crippen molar-refractivity contribution in [3.05, 3.63) is 53.6 Å². The molecule has 0 bridgehead atoms. The smallest absolute Gasteiger partial charge is 0.263 e. The molecule has 3 amide bonds. The second-order valence-corrected chi connectivity index (χ2v) is 6.90. The van der Waals surface area contributed by atoms with Crippen LogP contribution in [0.2, 0.25) is 5.02 Å². The summed E-state index contributed by atoms with van der Waals surface area (Å²) in [5.74, 6) is -0.773. The van der Waals surface area contributed by atoms with Gasteiger partial charge in [-0.05, 0) is 36.4 Å². The second-order valence-electron chi connectivity index (χ2n) is 6.46. The summed E-state index contributed by atoms with van der Waals surface area (Å²) in [4.78, 5) is 39.0. The second kappa shape index (κ2) is 7.51. The number of rotatable bonds is 5. The number of hydrogen-bond donors (Lipinski definition) is 1. The predicted molar refractivity (Wildman–Crippen MR) is 105 cm³/mol. The number of imide groups is 1. The Bertz CT molecular complexity index is 1010. The van der Waals surface area contributed by atoms with E-state index in [-0.39, 0.29) is 6.54 Å². The monoisotopic (exact) mass is 413 g/mol. The van der Waals surface area contributed by atoms with Gasteiger partial charge >= 0.3 is 0 Å². The number of benzene rings is 2. The highest BCUT2D eigenvalue weighted by molar-refractivity contribution is 6.31. The third-order valence-corrected chi connectivity index (χ3v) is 4.85. The molecule has 0 radical (unpaired) electrons. The summed E-state index contributed by atoms with van der Waals surface area (Å²) in [7, 11) is 1.53. The molecule has 0 unspecified atom stereocenters. The molecule has 29 heavy (non-hydrogen) atoms. The lowest BCUT2D eigenvalue weighted by atomic mass is 10.1. The van der Waals surface area contributed by atoms with E-state index < -0.39 is 29.8 Å². The molecule has 0 aliphatic carbocycles. The summed E-state index contributed by atoms with van der Waals surface area (Å²) < 4.78 is 5.12. The van der Waals surface area contributed by atoms with Crippen LogP contribution in [-0.2, 0) is 14.4 Å². The maximum absolute atomic E-state index is 12.9. The average Bonchev–Trinajstić information content (AvgIpc) is 3.23. The van der Waals surface area contributed by atoms with Gasteiger partial charge in [0.15, 0.2) is 12.1 Å². The summed E-state index contributed by atoms with van der Waals surface area (Å²) in [6, 6.07) is 11.3. The number of amides is 3. The van der Waals surface area contributed by atoms with Crippen LogP contribution in [0.15, 0.2) is 58.9 Å². The van der Waals surface area contributed by atoms with Gasteiger partial charge in [-0.1, -0.05) is 22.9 Å². The van der Waals surface area contributed by atoms with Crippen LogP contribution in [0.5, 0.6) is 5.75 Å². The lowest BCUT2D eigenvalue weighted by molar-refractivity contribution is -0.123. The van der Waals surface area contributed by atoms with Gasteiger partial charge in [0.25, 0.3) is 11.8 Å². The third-order valence-electron chi connectivity index (χ3n) is 4.60.